The molecule has 1 aromatic rings. The zero-order valence-electron chi connectivity index (χ0n) is 14.8. The number of halogens is 1. The van der Waals surface area contributed by atoms with Gasteiger partial charge in [0.05, 0.1) is 30.5 Å². The van der Waals surface area contributed by atoms with Crippen molar-refractivity contribution in [3.8, 4) is 11.5 Å². The van der Waals surface area contributed by atoms with Gasteiger partial charge in [-0.2, -0.15) is 10.2 Å². The molecule has 0 fully saturated rings. The van der Waals surface area contributed by atoms with E-state index in [9.17, 15) is 9.59 Å². The first-order valence-electron chi connectivity index (χ1n) is 7.98. The van der Waals surface area contributed by atoms with Crippen molar-refractivity contribution in [1.29, 1.82) is 0 Å². The number of amides is 2. The maximum absolute atomic E-state index is 12.5. The first-order chi connectivity index (χ1) is 12.4. The van der Waals surface area contributed by atoms with E-state index in [0.717, 1.165) is 5.56 Å². The molecule has 0 spiro atoms. The van der Waals surface area contributed by atoms with Gasteiger partial charge in [-0.05, 0) is 47.5 Å². The van der Waals surface area contributed by atoms with E-state index in [4.69, 9.17) is 9.47 Å². The quantitative estimate of drug-likeness (QED) is 0.754. The Hall–Kier alpha value is -2.42. The lowest BCUT2D eigenvalue weighted by atomic mass is 9.73. The van der Waals surface area contributed by atoms with E-state index in [2.05, 4.69) is 37.0 Å². The molecule has 9 heteroatoms. The molecule has 2 unspecified atom stereocenters. The third-order valence-corrected chi connectivity index (χ3v) is 5.30. The summed E-state index contributed by atoms with van der Waals surface area (Å²) in [6, 6.07) is 3.62. The van der Waals surface area contributed by atoms with Crippen LogP contribution in [0.3, 0.4) is 0 Å². The van der Waals surface area contributed by atoms with E-state index in [1.807, 2.05) is 6.07 Å². The molecule has 2 N–H and O–H groups in total. The molecular weight excluding hydrogens is 404 g/mol. The summed E-state index contributed by atoms with van der Waals surface area (Å²) >= 11 is 3.48. The average molecular weight is 423 g/mol. The molecule has 2 aliphatic heterocycles. The molecule has 1 aromatic carbocycles. The normalized spacial score (nSPS) is 23.1. The van der Waals surface area contributed by atoms with E-state index < -0.39 is 17.8 Å². The molecule has 3 rings (SSSR count). The van der Waals surface area contributed by atoms with Gasteiger partial charge in [-0.25, -0.2) is 10.9 Å². The van der Waals surface area contributed by atoms with Gasteiger partial charge >= 0.3 is 0 Å². The van der Waals surface area contributed by atoms with Gasteiger partial charge in [0.15, 0.2) is 11.5 Å². The summed E-state index contributed by atoms with van der Waals surface area (Å²) in [5.74, 6) is -1.10. The molecule has 2 heterocycles. The molecular formula is C17H19BrN4O4. The summed E-state index contributed by atoms with van der Waals surface area (Å²) in [5.41, 5.74) is 7.00. The number of methoxy groups -OCH3 is 2. The second-order valence-corrected chi connectivity index (χ2v) is 7.03. The van der Waals surface area contributed by atoms with Gasteiger partial charge < -0.3 is 9.47 Å². The van der Waals surface area contributed by atoms with Crippen molar-refractivity contribution in [2.24, 2.45) is 22.0 Å². The van der Waals surface area contributed by atoms with Crippen molar-refractivity contribution in [2.75, 3.05) is 14.2 Å². The minimum absolute atomic E-state index is 0.245. The van der Waals surface area contributed by atoms with Gasteiger partial charge in [-0.3, -0.25) is 9.59 Å². The lowest BCUT2D eigenvalue weighted by Crippen LogP contribution is -2.38. The highest BCUT2D eigenvalue weighted by Gasteiger charge is 2.46. The SMILES string of the molecule is COc1cc(C(C2C(=O)NN=C2C)C2C(=O)NN=C2C)cc(Br)c1OC. The van der Waals surface area contributed by atoms with Crippen LogP contribution in [0.15, 0.2) is 26.8 Å². The predicted octanol–water partition coefficient (Wildman–Crippen LogP) is 1.79. The molecule has 0 radical (unpaired) electrons. The fraction of sp³-hybridized carbons (Fsp3) is 0.412. The van der Waals surface area contributed by atoms with E-state index in [1.54, 1.807) is 27.0 Å². The molecule has 2 amide bonds. The van der Waals surface area contributed by atoms with Crippen LogP contribution in [0.5, 0.6) is 11.5 Å². The minimum atomic E-state index is -0.584. The van der Waals surface area contributed by atoms with E-state index in [-0.39, 0.29) is 11.8 Å². The van der Waals surface area contributed by atoms with Gasteiger partial charge in [-0.15, -0.1) is 0 Å². The largest absolute Gasteiger partial charge is 0.493 e. The van der Waals surface area contributed by atoms with Crippen molar-refractivity contribution >= 4 is 39.2 Å². The first kappa shape index (κ1) is 18.4. The Morgan fingerprint density at radius 3 is 1.92 bits per heavy atom. The van der Waals surface area contributed by atoms with Crippen LogP contribution in [0.1, 0.15) is 25.3 Å². The number of hydrogen-bond donors (Lipinski definition) is 2. The molecule has 26 heavy (non-hydrogen) atoms. The van der Waals surface area contributed by atoms with Crippen LogP contribution in [0.25, 0.3) is 0 Å². The zero-order valence-corrected chi connectivity index (χ0v) is 16.4. The Kier molecular flexibility index (Phi) is 4.99. The molecule has 0 aliphatic carbocycles. The number of carbonyl (C=O) groups is 2. The number of rotatable bonds is 5. The summed E-state index contributed by atoms with van der Waals surface area (Å²) in [6.45, 7) is 3.54. The number of hydrogen-bond acceptors (Lipinski definition) is 6. The van der Waals surface area contributed by atoms with Gasteiger partial charge in [0, 0.05) is 17.3 Å². The van der Waals surface area contributed by atoms with Crippen molar-refractivity contribution in [3.63, 3.8) is 0 Å². The standard InChI is InChI=1S/C17H19BrN4O4/c1-7-12(16(23)21-19-7)14(13-8(2)20-22-17(13)24)9-5-10(18)15(26-4)11(6-9)25-3/h5-6,12-14H,1-4H3,(H,21,23)(H,22,24). The molecule has 8 nitrogen and oxygen atoms in total. The summed E-state index contributed by atoms with van der Waals surface area (Å²) < 4.78 is 11.5. The Morgan fingerprint density at radius 2 is 1.54 bits per heavy atom. The second kappa shape index (κ2) is 7.06. The van der Waals surface area contributed by atoms with Crippen LogP contribution in [0, 0.1) is 11.8 Å². The van der Waals surface area contributed by atoms with Gasteiger partial charge in [0.2, 0.25) is 11.8 Å². The maximum atomic E-state index is 12.5. The van der Waals surface area contributed by atoms with Gasteiger partial charge in [-0.1, -0.05) is 0 Å². The number of carbonyl (C=O) groups excluding carboxylic acids is 2. The average Bonchev–Trinajstić information content (AvgIpc) is 3.11. The fourth-order valence-corrected chi connectivity index (χ4v) is 4.12. The van der Waals surface area contributed by atoms with Gasteiger partial charge in [0.1, 0.15) is 0 Å². The Morgan fingerprint density at radius 1 is 1.00 bits per heavy atom. The van der Waals surface area contributed by atoms with Crippen molar-refractivity contribution in [2.45, 2.75) is 19.8 Å². The third-order valence-electron chi connectivity index (χ3n) is 4.71. The van der Waals surface area contributed by atoms with Crippen LogP contribution in [0.4, 0.5) is 0 Å². The summed E-state index contributed by atoms with van der Waals surface area (Å²) in [4.78, 5) is 24.9. The molecule has 0 aromatic heterocycles. The van der Waals surface area contributed by atoms with E-state index in [1.165, 1.54) is 7.11 Å². The minimum Gasteiger partial charge on any atom is -0.493 e. The number of hydrazone groups is 2. The Balaban J connectivity index is 2.17. The molecule has 2 atom stereocenters. The van der Waals surface area contributed by atoms with Gasteiger partial charge in [0.25, 0.3) is 0 Å². The first-order valence-corrected chi connectivity index (χ1v) is 8.77. The topological polar surface area (TPSA) is 101 Å². The highest BCUT2D eigenvalue weighted by Crippen LogP contribution is 2.44. The van der Waals surface area contributed by atoms with Crippen LogP contribution in [-0.4, -0.2) is 37.5 Å². The monoisotopic (exact) mass is 422 g/mol. The molecule has 2 aliphatic rings. The van der Waals surface area contributed by atoms with Crippen LogP contribution in [-0.2, 0) is 9.59 Å². The molecule has 138 valence electrons. The molecule has 0 bridgehead atoms. The summed E-state index contributed by atoms with van der Waals surface area (Å²) in [7, 11) is 3.08. The Bertz CT molecular complexity index is 798. The maximum Gasteiger partial charge on any atom is 0.249 e. The lowest BCUT2D eigenvalue weighted by molar-refractivity contribution is -0.125. The predicted molar refractivity (Wildman–Crippen MR) is 99.5 cm³/mol. The fourth-order valence-electron chi connectivity index (χ4n) is 3.50. The molecule has 0 saturated carbocycles. The highest BCUT2D eigenvalue weighted by atomic mass is 79.9. The number of nitrogens with zero attached hydrogens (tertiary/aromatic N) is 2. The second-order valence-electron chi connectivity index (χ2n) is 6.18. The van der Waals surface area contributed by atoms with Crippen molar-refractivity contribution in [3.05, 3.63) is 22.2 Å². The number of ether oxygens (including phenoxy) is 2. The van der Waals surface area contributed by atoms with Crippen LogP contribution >= 0.6 is 15.9 Å². The highest BCUT2D eigenvalue weighted by molar-refractivity contribution is 9.10. The van der Waals surface area contributed by atoms with Crippen LogP contribution in [0.2, 0.25) is 0 Å². The summed E-state index contributed by atoms with van der Waals surface area (Å²) in [6.07, 6.45) is 0. The van der Waals surface area contributed by atoms with Crippen molar-refractivity contribution in [1.82, 2.24) is 10.9 Å². The van der Waals surface area contributed by atoms with Crippen molar-refractivity contribution < 1.29 is 19.1 Å². The van der Waals surface area contributed by atoms with E-state index >= 15 is 0 Å². The third kappa shape index (κ3) is 2.96. The summed E-state index contributed by atoms with van der Waals surface area (Å²) in [5, 5.41) is 8.09. The van der Waals surface area contributed by atoms with E-state index in [0.29, 0.717) is 27.4 Å². The van der Waals surface area contributed by atoms with Crippen LogP contribution < -0.4 is 20.3 Å². The Labute approximate surface area is 159 Å². The molecule has 0 saturated heterocycles. The number of nitrogens with one attached hydrogen (secondary N) is 2. The lowest BCUT2D eigenvalue weighted by Gasteiger charge is -2.28. The number of benzene rings is 1. The zero-order chi connectivity index (χ0) is 19.0. The smallest absolute Gasteiger partial charge is 0.249 e.